The normalized spacial score (nSPS) is 11.5. The van der Waals surface area contributed by atoms with Crippen molar-refractivity contribution in [3.8, 4) is 6.07 Å². The SMILES string of the molecule is CC(O)c1ccc(NC(=O)CC#N)cc1. The van der Waals surface area contributed by atoms with E-state index < -0.39 is 6.10 Å². The summed E-state index contributed by atoms with van der Waals surface area (Å²) in [4.78, 5) is 11.0. The Hall–Kier alpha value is -1.86. The summed E-state index contributed by atoms with van der Waals surface area (Å²) < 4.78 is 0. The molecule has 4 heteroatoms. The fourth-order valence-corrected chi connectivity index (χ4v) is 1.12. The number of hydrogen-bond acceptors (Lipinski definition) is 3. The third-order valence-electron chi connectivity index (χ3n) is 1.92. The first kappa shape index (κ1) is 11.2. The van der Waals surface area contributed by atoms with Crippen molar-refractivity contribution in [2.45, 2.75) is 19.4 Å². The van der Waals surface area contributed by atoms with Crippen molar-refractivity contribution in [3.63, 3.8) is 0 Å². The second-order valence-corrected chi connectivity index (χ2v) is 3.18. The molecule has 0 radical (unpaired) electrons. The third-order valence-corrected chi connectivity index (χ3v) is 1.92. The Labute approximate surface area is 88.2 Å². The number of aliphatic hydroxyl groups excluding tert-OH is 1. The molecule has 1 rings (SSSR count). The number of amides is 1. The summed E-state index contributed by atoms with van der Waals surface area (Å²) in [5.74, 6) is -0.331. The van der Waals surface area contributed by atoms with Gasteiger partial charge in [0.05, 0.1) is 12.2 Å². The van der Waals surface area contributed by atoms with Crippen LogP contribution in [0.15, 0.2) is 24.3 Å². The maximum absolute atomic E-state index is 11.0. The molecule has 0 aromatic heterocycles. The number of rotatable bonds is 3. The monoisotopic (exact) mass is 204 g/mol. The number of hydrogen-bond donors (Lipinski definition) is 2. The van der Waals surface area contributed by atoms with E-state index in [-0.39, 0.29) is 12.3 Å². The molecule has 0 saturated carbocycles. The summed E-state index contributed by atoms with van der Waals surface area (Å²) in [6, 6.07) is 8.61. The van der Waals surface area contributed by atoms with Gasteiger partial charge in [0.1, 0.15) is 6.42 Å². The highest BCUT2D eigenvalue weighted by Gasteiger charge is 2.02. The summed E-state index contributed by atoms with van der Waals surface area (Å²) in [6.45, 7) is 1.67. The van der Waals surface area contributed by atoms with Gasteiger partial charge in [0.2, 0.25) is 5.91 Å². The highest BCUT2D eigenvalue weighted by Crippen LogP contribution is 2.15. The van der Waals surface area contributed by atoms with Crippen LogP contribution < -0.4 is 5.32 Å². The minimum Gasteiger partial charge on any atom is -0.389 e. The Bertz CT molecular complexity index is 377. The fourth-order valence-electron chi connectivity index (χ4n) is 1.12. The molecule has 1 amide bonds. The first-order chi connectivity index (χ1) is 7.13. The Balaban J connectivity index is 2.65. The van der Waals surface area contributed by atoms with Crippen LogP contribution in [0.5, 0.6) is 0 Å². The van der Waals surface area contributed by atoms with Crippen LogP contribution in [0.25, 0.3) is 0 Å². The molecule has 0 heterocycles. The summed E-state index contributed by atoms with van der Waals surface area (Å²) in [6.07, 6.45) is -0.674. The van der Waals surface area contributed by atoms with Crippen molar-refractivity contribution in [2.75, 3.05) is 5.32 Å². The molecule has 0 aliphatic rings. The molecule has 4 nitrogen and oxygen atoms in total. The minimum absolute atomic E-state index is 0.155. The second-order valence-electron chi connectivity index (χ2n) is 3.18. The molecule has 0 saturated heterocycles. The van der Waals surface area contributed by atoms with Gasteiger partial charge in [-0.05, 0) is 24.6 Å². The number of carbonyl (C=O) groups excluding carboxylic acids is 1. The zero-order chi connectivity index (χ0) is 11.3. The van der Waals surface area contributed by atoms with Crippen LogP contribution in [0.3, 0.4) is 0 Å². The average Bonchev–Trinajstić information content (AvgIpc) is 2.18. The lowest BCUT2D eigenvalue weighted by atomic mass is 10.1. The van der Waals surface area contributed by atoms with Crippen LogP contribution in [-0.4, -0.2) is 11.0 Å². The number of nitriles is 1. The van der Waals surface area contributed by atoms with Gasteiger partial charge in [0.15, 0.2) is 0 Å². The lowest BCUT2D eigenvalue weighted by Gasteiger charge is -2.06. The predicted molar refractivity (Wildman–Crippen MR) is 55.9 cm³/mol. The molecule has 1 aromatic carbocycles. The fraction of sp³-hybridized carbons (Fsp3) is 0.273. The van der Waals surface area contributed by atoms with E-state index in [9.17, 15) is 9.90 Å². The Morgan fingerprint density at radius 3 is 2.60 bits per heavy atom. The third kappa shape index (κ3) is 3.41. The molecule has 1 aromatic rings. The van der Waals surface area contributed by atoms with E-state index in [2.05, 4.69) is 5.32 Å². The summed E-state index contributed by atoms with van der Waals surface area (Å²) in [5.41, 5.74) is 1.41. The lowest BCUT2D eigenvalue weighted by molar-refractivity contribution is -0.115. The quantitative estimate of drug-likeness (QED) is 0.785. The standard InChI is InChI=1S/C11H12N2O2/c1-8(14)9-2-4-10(5-3-9)13-11(15)6-7-12/h2-5,8,14H,6H2,1H3,(H,13,15). The summed E-state index contributed by atoms with van der Waals surface area (Å²) in [5, 5.41) is 20.1. The first-order valence-corrected chi connectivity index (χ1v) is 4.58. The van der Waals surface area contributed by atoms with Crippen LogP contribution in [-0.2, 0) is 4.79 Å². The van der Waals surface area contributed by atoms with Gasteiger partial charge in [-0.3, -0.25) is 4.79 Å². The second kappa shape index (κ2) is 5.13. The number of anilines is 1. The predicted octanol–water partition coefficient (Wildman–Crippen LogP) is 1.59. The minimum atomic E-state index is -0.520. The number of benzene rings is 1. The molecule has 2 N–H and O–H groups in total. The van der Waals surface area contributed by atoms with Crippen molar-refractivity contribution >= 4 is 11.6 Å². The van der Waals surface area contributed by atoms with Gasteiger partial charge in [-0.2, -0.15) is 5.26 Å². The van der Waals surface area contributed by atoms with Crippen molar-refractivity contribution < 1.29 is 9.90 Å². The van der Waals surface area contributed by atoms with Crippen LogP contribution in [0, 0.1) is 11.3 Å². The Morgan fingerprint density at radius 2 is 2.13 bits per heavy atom. The highest BCUT2D eigenvalue weighted by molar-refractivity contribution is 5.91. The molecule has 0 bridgehead atoms. The molecule has 15 heavy (non-hydrogen) atoms. The largest absolute Gasteiger partial charge is 0.389 e. The number of nitrogens with one attached hydrogen (secondary N) is 1. The zero-order valence-electron chi connectivity index (χ0n) is 8.40. The van der Waals surface area contributed by atoms with Gasteiger partial charge in [-0.1, -0.05) is 12.1 Å². The number of nitrogens with zero attached hydrogens (tertiary/aromatic N) is 1. The van der Waals surface area contributed by atoms with Crippen molar-refractivity contribution in [2.24, 2.45) is 0 Å². The van der Waals surface area contributed by atoms with Crippen molar-refractivity contribution in [3.05, 3.63) is 29.8 Å². The molecule has 1 unspecified atom stereocenters. The van der Waals surface area contributed by atoms with Crippen molar-refractivity contribution in [1.29, 1.82) is 5.26 Å². The molecule has 0 aliphatic heterocycles. The van der Waals surface area contributed by atoms with Gasteiger partial charge >= 0.3 is 0 Å². The maximum atomic E-state index is 11.0. The van der Waals surface area contributed by atoms with E-state index in [0.29, 0.717) is 5.69 Å². The van der Waals surface area contributed by atoms with Gasteiger partial charge in [0.25, 0.3) is 0 Å². The summed E-state index contributed by atoms with van der Waals surface area (Å²) >= 11 is 0. The van der Waals surface area contributed by atoms with Gasteiger partial charge in [-0.25, -0.2) is 0 Å². The van der Waals surface area contributed by atoms with Gasteiger partial charge in [0, 0.05) is 5.69 Å². The van der Waals surface area contributed by atoms with Gasteiger partial charge in [-0.15, -0.1) is 0 Å². The van der Waals surface area contributed by atoms with Crippen LogP contribution in [0.1, 0.15) is 25.0 Å². The number of aliphatic hydroxyl groups is 1. The van der Waals surface area contributed by atoms with E-state index in [1.807, 2.05) is 0 Å². The smallest absolute Gasteiger partial charge is 0.238 e. The zero-order valence-corrected chi connectivity index (χ0v) is 8.40. The molecule has 0 aliphatic carbocycles. The average molecular weight is 204 g/mol. The maximum Gasteiger partial charge on any atom is 0.238 e. The van der Waals surface area contributed by atoms with Gasteiger partial charge < -0.3 is 10.4 Å². The van der Waals surface area contributed by atoms with Crippen LogP contribution >= 0.6 is 0 Å². The van der Waals surface area contributed by atoms with E-state index in [1.165, 1.54) is 0 Å². The molecule has 1 atom stereocenters. The lowest BCUT2D eigenvalue weighted by Crippen LogP contribution is -2.09. The van der Waals surface area contributed by atoms with E-state index in [4.69, 9.17) is 5.26 Å². The Kier molecular flexibility index (Phi) is 3.83. The molecule has 78 valence electrons. The number of carbonyl (C=O) groups is 1. The van der Waals surface area contributed by atoms with Crippen LogP contribution in [0.2, 0.25) is 0 Å². The topological polar surface area (TPSA) is 73.1 Å². The van der Waals surface area contributed by atoms with Crippen LogP contribution in [0.4, 0.5) is 5.69 Å². The Morgan fingerprint density at radius 1 is 1.53 bits per heavy atom. The highest BCUT2D eigenvalue weighted by atomic mass is 16.3. The van der Waals surface area contributed by atoms with E-state index in [0.717, 1.165) is 5.56 Å². The molecule has 0 spiro atoms. The van der Waals surface area contributed by atoms with E-state index in [1.54, 1.807) is 37.3 Å². The van der Waals surface area contributed by atoms with E-state index >= 15 is 0 Å². The van der Waals surface area contributed by atoms with Crippen molar-refractivity contribution in [1.82, 2.24) is 0 Å². The molecular formula is C11H12N2O2. The molecule has 0 fully saturated rings. The first-order valence-electron chi connectivity index (χ1n) is 4.58. The summed E-state index contributed by atoms with van der Waals surface area (Å²) in [7, 11) is 0. The molecular weight excluding hydrogens is 192 g/mol.